The molecule has 1 saturated carbocycles. The standard InChI is InChI=1S/C18H27FN2/c1-3-4-17-12-21(18(10-20-17)14-5-6-14)11-15-7-8-16(19)9-13(15)2/h7-9,14,17-18,20H,3-6,10-12H2,1-2H3. The fourth-order valence-electron chi connectivity index (χ4n) is 3.62. The number of hydrogen-bond acceptors (Lipinski definition) is 2. The summed E-state index contributed by atoms with van der Waals surface area (Å²) in [7, 11) is 0. The summed E-state index contributed by atoms with van der Waals surface area (Å²) < 4.78 is 13.3. The van der Waals surface area contributed by atoms with Gasteiger partial charge >= 0.3 is 0 Å². The van der Waals surface area contributed by atoms with Crippen molar-refractivity contribution in [1.82, 2.24) is 10.2 Å². The lowest BCUT2D eigenvalue weighted by atomic mass is 10.00. The zero-order valence-corrected chi connectivity index (χ0v) is 13.2. The Morgan fingerprint density at radius 3 is 2.81 bits per heavy atom. The van der Waals surface area contributed by atoms with Crippen LogP contribution < -0.4 is 5.32 Å². The molecule has 2 aliphatic rings. The van der Waals surface area contributed by atoms with Crippen molar-refractivity contribution in [3.8, 4) is 0 Å². The largest absolute Gasteiger partial charge is 0.311 e. The molecule has 1 aromatic rings. The summed E-state index contributed by atoms with van der Waals surface area (Å²) in [6, 6.07) is 6.51. The Hall–Kier alpha value is -0.930. The van der Waals surface area contributed by atoms with Gasteiger partial charge in [-0.05, 0) is 55.4 Å². The van der Waals surface area contributed by atoms with Gasteiger partial charge in [0.1, 0.15) is 5.82 Å². The SMILES string of the molecule is CCCC1CN(Cc2ccc(F)cc2C)C(C2CC2)CN1. The molecule has 1 heterocycles. The van der Waals surface area contributed by atoms with Gasteiger partial charge in [0.05, 0.1) is 0 Å². The van der Waals surface area contributed by atoms with Crippen molar-refractivity contribution in [3.63, 3.8) is 0 Å². The van der Waals surface area contributed by atoms with E-state index in [0.717, 1.165) is 31.1 Å². The molecule has 2 nitrogen and oxygen atoms in total. The second-order valence-electron chi connectivity index (χ2n) is 6.80. The highest BCUT2D eigenvalue weighted by Gasteiger charge is 2.38. The zero-order chi connectivity index (χ0) is 14.8. The highest BCUT2D eigenvalue weighted by molar-refractivity contribution is 5.26. The van der Waals surface area contributed by atoms with Crippen molar-refractivity contribution < 1.29 is 4.39 Å². The quantitative estimate of drug-likeness (QED) is 0.893. The molecule has 2 fully saturated rings. The third-order valence-corrected chi connectivity index (χ3v) is 5.02. The summed E-state index contributed by atoms with van der Waals surface area (Å²) in [5, 5.41) is 3.73. The van der Waals surface area contributed by atoms with E-state index < -0.39 is 0 Å². The lowest BCUT2D eigenvalue weighted by molar-refractivity contribution is 0.104. The van der Waals surface area contributed by atoms with E-state index in [-0.39, 0.29) is 5.82 Å². The van der Waals surface area contributed by atoms with Gasteiger partial charge in [-0.1, -0.05) is 19.4 Å². The first-order chi connectivity index (χ1) is 10.2. The summed E-state index contributed by atoms with van der Waals surface area (Å²) in [6.45, 7) is 7.50. The minimum absolute atomic E-state index is 0.126. The summed E-state index contributed by atoms with van der Waals surface area (Å²) in [4.78, 5) is 2.65. The van der Waals surface area contributed by atoms with Gasteiger partial charge in [0.2, 0.25) is 0 Å². The Balaban J connectivity index is 1.72. The van der Waals surface area contributed by atoms with Gasteiger partial charge in [-0.2, -0.15) is 0 Å². The van der Waals surface area contributed by atoms with E-state index in [1.54, 1.807) is 12.1 Å². The van der Waals surface area contributed by atoms with E-state index in [4.69, 9.17) is 0 Å². The van der Waals surface area contributed by atoms with E-state index in [9.17, 15) is 4.39 Å². The average molecular weight is 290 g/mol. The molecule has 1 saturated heterocycles. The fraction of sp³-hybridized carbons (Fsp3) is 0.667. The van der Waals surface area contributed by atoms with Gasteiger partial charge < -0.3 is 5.32 Å². The smallest absolute Gasteiger partial charge is 0.123 e. The lowest BCUT2D eigenvalue weighted by Gasteiger charge is -2.41. The molecule has 0 aromatic heterocycles. The Morgan fingerprint density at radius 2 is 2.14 bits per heavy atom. The normalized spacial score (nSPS) is 27.0. The van der Waals surface area contributed by atoms with Crippen molar-refractivity contribution in [2.45, 2.75) is 58.2 Å². The van der Waals surface area contributed by atoms with Crippen LogP contribution in [0.25, 0.3) is 0 Å². The van der Waals surface area contributed by atoms with Crippen LogP contribution in [0.5, 0.6) is 0 Å². The molecule has 1 aromatic carbocycles. The Morgan fingerprint density at radius 1 is 1.33 bits per heavy atom. The van der Waals surface area contributed by atoms with Crippen LogP contribution in [0.1, 0.15) is 43.7 Å². The van der Waals surface area contributed by atoms with E-state index >= 15 is 0 Å². The molecule has 0 spiro atoms. The van der Waals surface area contributed by atoms with Crippen molar-refractivity contribution in [2.75, 3.05) is 13.1 Å². The molecule has 21 heavy (non-hydrogen) atoms. The first-order valence-electron chi connectivity index (χ1n) is 8.40. The van der Waals surface area contributed by atoms with Gasteiger partial charge in [-0.3, -0.25) is 4.90 Å². The van der Waals surface area contributed by atoms with Gasteiger partial charge in [0, 0.05) is 31.7 Å². The molecule has 2 unspecified atom stereocenters. The van der Waals surface area contributed by atoms with Crippen LogP contribution in [0.15, 0.2) is 18.2 Å². The lowest BCUT2D eigenvalue weighted by Crippen LogP contribution is -2.56. The minimum atomic E-state index is -0.126. The van der Waals surface area contributed by atoms with E-state index in [1.807, 2.05) is 13.0 Å². The van der Waals surface area contributed by atoms with Gasteiger partial charge in [0.15, 0.2) is 0 Å². The predicted octanol–water partition coefficient (Wildman–Crippen LogP) is 3.49. The summed E-state index contributed by atoms with van der Waals surface area (Å²) >= 11 is 0. The molecule has 0 bridgehead atoms. The molecule has 3 heteroatoms. The van der Waals surface area contributed by atoms with E-state index in [1.165, 1.54) is 31.2 Å². The number of rotatable bonds is 5. The summed E-state index contributed by atoms with van der Waals surface area (Å²) in [5.41, 5.74) is 2.36. The number of piperazine rings is 1. The second-order valence-corrected chi connectivity index (χ2v) is 6.80. The molecule has 0 amide bonds. The average Bonchev–Trinajstić information content (AvgIpc) is 3.27. The maximum absolute atomic E-state index is 13.3. The minimum Gasteiger partial charge on any atom is -0.311 e. The summed E-state index contributed by atoms with van der Waals surface area (Å²) in [5.74, 6) is 0.750. The predicted molar refractivity (Wildman–Crippen MR) is 84.8 cm³/mol. The number of halogens is 1. The van der Waals surface area contributed by atoms with Crippen molar-refractivity contribution >= 4 is 0 Å². The zero-order valence-electron chi connectivity index (χ0n) is 13.2. The summed E-state index contributed by atoms with van der Waals surface area (Å²) in [6.07, 6.45) is 5.23. The number of hydrogen-bond donors (Lipinski definition) is 1. The van der Waals surface area contributed by atoms with Crippen molar-refractivity contribution in [3.05, 3.63) is 35.1 Å². The molecule has 2 atom stereocenters. The van der Waals surface area contributed by atoms with Gasteiger partial charge in [0.25, 0.3) is 0 Å². The number of nitrogens with one attached hydrogen (secondary N) is 1. The van der Waals surface area contributed by atoms with Crippen LogP contribution in [0.3, 0.4) is 0 Å². The maximum atomic E-state index is 13.3. The van der Waals surface area contributed by atoms with Crippen LogP contribution in [0.2, 0.25) is 0 Å². The topological polar surface area (TPSA) is 15.3 Å². The van der Waals surface area contributed by atoms with Crippen LogP contribution in [0.4, 0.5) is 4.39 Å². The molecule has 1 N–H and O–H groups in total. The Kier molecular flexibility index (Phi) is 4.60. The highest BCUT2D eigenvalue weighted by atomic mass is 19.1. The van der Waals surface area contributed by atoms with Crippen LogP contribution in [-0.4, -0.2) is 30.1 Å². The molecule has 0 radical (unpaired) electrons. The molecular weight excluding hydrogens is 263 g/mol. The first-order valence-corrected chi connectivity index (χ1v) is 8.40. The third-order valence-electron chi connectivity index (χ3n) is 5.02. The van der Waals surface area contributed by atoms with Crippen molar-refractivity contribution in [2.24, 2.45) is 5.92 Å². The van der Waals surface area contributed by atoms with E-state index in [0.29, 0.717) is 12.1 Å². The van der Waals surface area contributed by atoms with Crippen LogP contribution in [-0.2, 0) is 6.54 Å². The van der Waals surface area contributed by atoms with Crippen LogP contribution >= 0.6 is 0 Å². The van der Waals surface area contributed by atoms with Crippen LogP contribution in [0, 0.1) is 18.7 Å². The molecular formula is C18H27FN2. The number of benzene rings is 1. The first kappa shape index (κ1) is 15.0. The number of nitrogens with zero attached hydrogens (tertiary/aromatic N) is 1. The van der Waals surface area contributed by atoms with Gasteiger partial charge in [-0.15, -0.1) is 0 Å². The molecule has 1 aliphatic heterocycles. The molecule has 3 rings (SSSR count). The Bertz CT molecular complexity index is 484. The molecule has 116 valence electrons. The molecule has 1 aliphatic carbocycles. The highest BCUT2D eigenvalue weighted by Crippen LogP contribution is 2.37. The second kappa shape index (κ2) is 6.45. The fourth-order valence-corrected chi connectivity index (χ4v) is 3.62. The monoisotopic (exact) mass is 290 g/mol. The maximum Gasteiger partial charge on any atom is 0.123 e. The van der Waals surface area contributed by atoms with Crippen molar-refractivity contribution in [1.29, 1.82) is 0 Å². The number of aryl methyl sites for hydroxylation is 1. The third kappa shape index (κ3) is 3.64. The Labute approximate surface area is 127 Å². The van der Waals surface area contributed by atoms with E-state index in [2.05, 4.69) is 17.1 Å². The van der Waals surface area contributed by atoms with Gasteiger partial charge in [-0.25, -0.2) is 4.39 Å².